The van der Waals surface area contributed by atoms with Crippen molar-refractivity contribution in [1.29, 1.82) is 0 Å². The van der Waals surface area contributed by atoms with Crippen LogP contribution in [0.5, 0.6) is 0 Å². The van der Waals surface area contributed by atoms with Gasteiger partial charge >= 0.3 is 0 Å². The Balaban J connectivity index is 1.44. The molecule has 2 aromatic heterocycles. The van der Waals surface area contributed by atoms with Crippen LogP contribution in [0.3, 0.4) is 0 Å². The van der Waals surface area contributed by atoms with E-state index in [2.05, 4.69) is 15.3 Å². The molecule has 1 aromatic carbocycles. The van der Waals surface area contributed by atoms with Crippen LogP contribution in [0.4, 0.5) is 24.5 Å². The van der Waals surface area contributed by atoms with Gasteiger partial charge in [0.2, 0.25) is 0 Å². The zero-order valence-corrected chi connectivity index (χ0v) is 19.4. The number of carbonyl (C=O) groups is 1. The molecule has 3 aromatic rings. The zero-order valence-electron chi connectivity index (χ0n) is 19.4. The van der Waals surface area contributed by atoms with Gasteiger partial charge in [-0.05, 0) is 37.5 Å². The van der Waals surface area contributed by atoms with Crippen molar-refractivity contribution in [2.24, 2.45) is 11.7 Å². The summed E-state index contributed by atoms with van der Waals surface area (Å²) >= 11 is 0. The first-order valence-corrected chi connectivity index (χ1v) is 11.9. The molecule has 0 radical (unpaired) electrons. The standard InChI is InChI=1S/C26H26F3N5O2/c27-15-5-3-6-16(28)23(15)24-17(29)10-19(31)25(34-24)26(35)33-20-12-32-9-8-14(20)22-11-18(30)13-4-1-2-7-21(13)36-22/h3,5-6,8-10,12-13,18,21-22H,1-2,4,7,11,30-31H2,(H,33,35). The number of nitrogens with zero attached hydrogens (tertiary/aromatic N) is 2. The van der Waals surface area contributed by atoms with Crippen LogP contribution in [0.1, 0.15) is 54.3 Å². The maximum absolute atomic E-state index is 14.6. The molecule has 5 N–H and O–H groups in total. The summed E-state index contributed by atoms with van der Waals surface area (Å²) in [5.41, 5.74) is 11.4. The zero-order chi connectivity index (χ0) is 25.4. The number of carbonyl (C=O) groups excluding carboxylic acids is 1. The lowest BCUT2D eigenvalue weighted by Gasteiger charge is -2.43. The smallest absolute Gasteiger partial charge is 0.276 e. The van der Waals surface area contributed by atoms with Gasteiger partial charge in [0.1, 0.15) is 17.3 Å². The molecule has 1 amide bonds. The molecule has 0 spiro atoms. The van der Waals surface area contributed by atoms with E-state index in [0.29, 0.717) is 23.6 Å². The molecule has 1 saturated heterocycles. The maximum Gasteiger partial charge on any atom is 0.276 e. The monoisotopic (exact) mass is 497 g/mol. The summed E-state index contributed by atoms with van der Waals surface area (Å²) in [6.07, 6.45) is 7.55. The number of nitrogen functional groups attached to an aromatic ring is 1. The van der Waals surface area contributed by atoms with E-state index < -0.39 is 34.6 Å². The second kappa shape index (κ2) is 9.87. The number of aromatic nitrogens is 2. The molecule has 1 aliphatic heterocycles. The molecular formula is C26H26F3N5O2. The normalized spacial score (nSPS) is 23.7. The topological polar surface area (TPSA) is 116 Å². The summed E-state index contributed by atoms with van der Waals surface area (Å²) in [6, 6.07) is 5.64. The molecule has 0 bridgehead atoms. The third-order valence-corrected chi connectivity index (χ3v) is 7.00. The molecule has 1 aliphatic carbocycles. The van der Waals surface area contributed by atoms with Crippen LogP contribution < -0.4 is 16.8 Å². The van der Waals surface area contributed by atoms with Crippen molar-refractivity contribution in [3.63, 3.8) is 0 Å². The van der Waals surface area contributed by atoms with Crippen molar-refractivity contribution in [3.8, 4) is 11.3 Å². The van der Waals surface area contributed by atoms with Crippen LogP contribution in [0, 0.1) is 23.4 Å². The fourth-order valence-electron chi connectivity index (χ4n) is 5.23. The minimum absolute atomic E-state index is 0.0293. The third-order valence-electron chi connectivity index (χ3n) is 7.00. The number of nitrogens with one attached hydrogen (secondary N) is 1. The van der Waals surface area contributed by atoms with Crippen molar-refractivity contribution < 1.29 is 22.7 Å². The Bertz CT molecular complexity index is 1280. The number of benzene rings is 1. The van der Waals surface area contributed by atoms with Gasteiger partial charge in [-0.15, -0.1) is 0 Å². The number of anilines is 2. The molecule has 4 atom stereocenters. The van der Waals surface area contributed by atoms with E-state index in [9.17, 15) is 18.0 Å². The quantitative estimate of drug-likeness (QED) is 0.479. The van der Waals surface area contributed by atoms with Crippen LogP contribution in [-0.4, -0.2) is 28.0 Å². The van der Waals surface area contributed by atoms with E-state index in [1.807, 2.05) is 0 Å². The minimum Gasteiger partial charge on any atom is -0.397 e. The van der Waals surface area contributed by atoms with E-state index in [1.54, 1.807) is 12.3 Å². The third kappa shape index (κ3) is 4.54. The highest BCUT2D eigenvalue weighted by molar-refractivity contribution is 6.06. The molecule has 3 heterocycles. The summed E-state index contributed by atoms with van der Waals surface area (Å²) in [5, 5.41) is 2.70. The average Bonchev–Trinajstić information content (AvgIpc) is 2.85. The lowest BCUT2D eigenvalue weighted by atomic mass is 9.77. The molecule has 5 rings (SSSR count). The number of rotatable bonds is 4. The molecule has 10 heteroatoms. The Morgan fingerprint density at radius 3 is 2.61 bits per heavy atom. The van der Waals surface area contributed by atoms with E-state index in [-0.39, 0.29) is 29.6 Å². The van der Waals surface area contributed by atoms with E-state index in [1.165, 1.54) is 6.20 Å². The highest BCUT2D eigenvalue weighted by Gasteiger charge is 2.39. The predicted molar refractivity (Wildman–Crippen MR) is 128 cm³/mol. The van der Waals surface area contributed by atoms with Crippen molar-refractivity contribution in [2.45, 2.75) is 50.4 Å². The lowest BCUT2D eigenvalue weighted by molar-refractivity contribution is -0.109. The van der Waals surface area contributed by atoms with Crippen molar-refractivity contribution in [1.82, 2.24) is 9.97 Å². The number of fused-ring (bicyclic) bond motifs is 1. The van der Waals surface area contributed by atoms with E-state index in [4.69, 9.17) is 16.2 Å². The molecular weight excluding hydrogens is 471 g/mol. The summed E-state index contributed by atoms with van der Waals surface area (Å²) in [6.45, 7) is 0. The molecule has 2 aliphatic rings. The van der Waals surface area contributed by atoms with Crippen LogP contribution in [0.2, 0.25) is 0 Å². The van der Waals surface area contributed by atoms with Gasteiger partial charge in [-0.25, -0.2) is 18.2 Å². The summed E-state index contributed by atoms with van der Waals surface area (Å²) in [7, 11) is 0. The number of halogens is 3. The number of ether oxygens (including phenoxy) is 1. The fourth-order valence-corrected chi connectivity index (χ4v) is 5.23. The van der Waals surface area contributed by atoms with Crippen molar-refractivity contribution in [2.75, 3.05) is 11.1 Å². The Morgan fingerprint density at radius 2 is 1.83 bits per heavy atom. The van der Waals surface area contributed by atoms with Crippen molar-refractivity contribution >= 4 is 17.3 Å². The fraction of sp³-hybridized carbons (Fsp3) is 0.346. The van der Waals surface area contributed by atoms with Gasteiger partial charge in [-0.2, -0.15) is 0 Å². The van der Waals surface area contributed by atoms with Crippen LogP contribution in [0.15, 0.2) is 42.7 Å². The average molecular weight is 498 g/mol. The first-order chi connectivity index (χ1) is 17.3. The highest BCUT2D eigenvalue weighted by atomic mass is 19.1. The van der Waals surface area contributed by atoms with Crippen molar-refractivity contribution in [3.05, 3.63) is 71.4 Å². The Labute approximate surface area is 206 Å². The molecule has 2 fully saturated rings. The van der Waals surface area contributed by atoms with Gasteiger partial charge in [0.25, 0.3) is 5.91 Å². The SMILES string of the molecule is Nc1cc(F)c(-c2c(F)cccc2F)nc1C(=O)Nc1cnccc1C1CC(N)C2CCCCC2O1. The first-order valence-electron chi connectivity index (χ1n) is 11.9. The van der Waals surface area contributed by atoms with Gasteiger partial charge < -0.3 is 21.5 Å². The summed E-state index contributed by atoms with van der Waals surface area (Å²) in [4.78, 5) is 21.2. The van der Waals surface area contributed by atoms with Crippen LogP contribution in [-0.2, 0) is 4.74 Å². The molecule has 1 saturated carbocycles. The predicted octanol–water partition coefficient (Wildman–Crippen LogP) is 4.74. The lowest BCUT2D eigenvalue weighted by Crippen LogP contribution is -2.47. The minimum atomic E-state index is -1.05. The Morgan fingerprint density at radius 1 is 1.08 bits per heavy atom. The van der Waals surface area contributed by atoms with Gasteiger partial charge in [0.05, 0.1) is 35.3 Å². The maximum atomic E-state index is 14.6. The molecule has 188 valence electrons. The number of hydrogen-bond acceptors (Lipinski definition) is 6. The highest BCUT2D eigenvalue weighted by Crippen LogP contribution is 2.42. The van der Waals surface area contributed by atoms with E-state index in [0.717, 1.165) is 49.9 Å². The van der Waals surface area contributed by atoms with Gasteiger partial charge in [0.15, 0.2) is 11.5 Å². The molecule has 7 nitrogen and oxygen atoms in total. The van der Waals surface area contributed by atoms with E-state index >= 15 is 0 Å². The molecule has 36 heavy (non-hydrogen) atoms. The number of pyridine rings is 2. The number of nitrogens with two attached hydrogens (primary N) is 2. The van der Waals surface area contributed by atoms with Gasteiger partial charge in [-0.3, -0.25) is 9.78 Å². The number of hydrogen-bond donors (Lipinski definition) is 3. The first kappa shape index (κ1) is 24.2. The number of amides is 1. The Kier molecular flexibility index (Phi) is 6.63. The van der Waals surface area contributed by atoms with Gasteiger partial charge in [-0.1, -0.05) is 18.9 Å². The largest absolute Gasteiger partial charge is 0.397 e. The summed E-state index contributed by atoms with van der Waals surface area (Å²) in [5.74, 6) is -3.55. The van der Waals surface area contributed by atoms with Crippen LogP contribution in [0.25, 0.3) is 11.3 Å². The molecule has 4 unspecified atom stereocenters. The van der Waals surface area contributed by atoms with Crippen LogP contribution >= 0.6 is 0 Å². The second-order valence-electron chi connectivity index (χ2n) is 9.28. The van der Waals surface area contributed by atoms with Gasteiger partial charge in [0, 0.05) is 29.8 Å². The second-order valence-corrected chi connectivity index (χ2v) is 9.28. The summed E-state index contributed by atoms with van der Waals surface area (Å²) < 4.78 is 49.6. The Hall–Kier alpha value is -3.50.